The number of pyridine rings is 1. The van der Waals surface area contributed by atoms with E-state index in [4.69, 9.17) is 4.98 Å². The van der Waals surface area contributed by atoms with Gasteiger partial charge in [0.1, 0.15) is 5.82 Å². The van der Waals surface area contributed by atoms with Gasteiger partial charge in [0.25, 0.3) is 5.69 Å². The number of nitro groups is 1. The third-order valence-electron chi connectivity index (χ3n) is 4.39. The summed E-state index contributed by atoms with van der Waals surface area (Å²) in [4.78, 5) is 17.6. The van der Waals surface area contributed by atoms with Gasteiger partial charge in [0.2, 0.25) is 0 Å². The highest BCUT2D eigenvalue weighted by atomic mass is 16.6. The minimum absolute atomic E-state index is 0.116. The number of piperidine rings is 1. The van der Waals surface area contributed by atoms with Gasteiger partial charge >= 0.3 is 0 Å². The van der Waals surface area contributed by atoms with Crippen LogP contribution in [0.2, 0.25) is 0 Å². The Labute approximate surface area is 130 Å². The molecule has 1 aromatic carbocycles. The molecular formula is C17H21N3O2. The lowest BCUT2D eigenvalue weighted by molar-refractivity contribution is -0.384. The maximum Gasteiger partial charge on any atom is 0.270 e. The van der Waals surface area contributed by atoms with Crippen molar-refractivity contribution >= 4 is 22.4 Å². The molecule has 116 valence electrons. The van der Waals surface area contributed by atoms with Crippen molar-refractivity contribution in [2.24, 2.45) is 11.8 Å². The van der Waals surface area contributed by atoms with Crippen LogP contribution in [-0.4, -0.2) is 23.0 Å². The van der Waals surface area contributed by atoms with E-state index in [1.165, 1.54) is 12.5 Å². The van der Waals surface area contributed by atoms with Crippen molar-refractivity contribution in [3.63, 3.8) is 0 Å². The van der Waals surface area contributed by atoms with Gasteiger partial charge < -0.3 is 4.90 Å². The Kier molecular flexibility index (Phi) is 3.72. The van der Waals surface area contributed by atoms with E-state index in [1.807, 2.05) is 6.92 Å². The Morgan fingerprint density at radius 2 is 1.91 bits per heavy atom. The lowest BCUT2D eigenvalue weighted by Gasteiger charge is -2.36. The zero-order valence-corrected chi connectivity index (χ0v) is 13.2. The first-order chi connectivity index (χ1) is 10.4. The monoisotopic (exact) mass is 299 g/mol. The van der Waals surface area contributed by atoms with Gasteiger partial charge in [-0.15, -0.1) is 0 Å². The van der Waals surface area contributed by atoms with E-state index < -0.39 is 0 Å². The van der Waals surface area contributed by atoms with Gasteiger partial charge in [-0.25, -0.2) is 4.98 Å². The molecule has 3 rings (SSSR count). The summed E-state index contributed by atoms with van der Waals surface area (Å²) in [5.74, 6) is 2.31. The number of nitro benzene ring substituents is 1. The van der Waals surface area contributed by atoms with Gasteiger partial charge in [-0.05, 0) is 42.9 Å². The van der Waals surface area contributed by atoms with Crippen molar-refractivity contribution in [1.82, 2.24) is 4.98 Å². The Bertz CT molecular complexity index is 719. The fourth-order valence-electron chi connectivity index (χ4n) is 3.49. The number of aryl methyl sites for hydroxylation is 1. The number of nitrogens with zero attached hydrogens (tertiary/aromatic N) is 3. The molecule has 0 spiro atoms. The highest BCUT2D eigenvalue weighted by Crippen LogP contribution is 2.29. The Hall–Kier alpha value is -2.17. The van der Waals surface area contributed by atoms with Crippen LogP contribution >= 0.6 is 0 Å². The Balaban J connectivity index is 2.02. The third-order valence-corrected chi connectivity index (χ3v) is 4.39. The second kappa shape index (κ2) is 5.55. The van der Waals surface area contributed by atoms with Crippen molar-refractivity contribution in [2.45, 2.75) is 27.2 Å². The number of fused-ring (bicyclic) bond motifs is 1. The number of anilines is 1. The molecule has 2 aromatic rings. The van der Waals surface area contributed by atoms with Gasteiger partial charge in [0.15, 0.2) is 0 Å². The van der Waals surface area contributed by atoms with Crippen LogP contribution in [0.1, 0.15) is 25.8 Å². The van der Waals surface area contributed by atoms with Crippen molar-refractivity contribution in [3.05, 3.63) is 39.9 Å². The number of benzene rings is 1. The fraction of sp³-hybridized carbons (Fsp3) is 0.471. The summed E-state index contributed by atoms with van der Waals surface area (Å²) in [6, 6.07) is 6.94. The number of aromatic nitrogens is 1. The molecule has 0 amide bonds. The summed E-state index contributed by atoms with van der Waals surface area (Å²) in [7, 11) is 0. The normalized spacial score (nSPS) is 22.0. The van der Waals surface area contributed by atoms with Crippen LogP contribution in [-0.2, 0) is 0 Å². The molecule has 0 saturated carbocycles. The SMILES string of the molecule is Cc1cc(N2CC(C)CC(C)C2)nc2ccc([N+](=O)[O-])cc12. The van der Waals surface area contributed by atoms with E-state index in [1.54, 1.807) is 12.1 Å². The quantitative estimate of drug-likeness (QED) is 0.622. The predicted octanol–water partition coefficient (Wildman–Crippen LogP) is 3.93. The first kappa shape index (κ1) is 14.8. The first-order valence-electron chi connectivity index (χ1n) is 7.75. The Morgan fingerprint density at radius 1 is 1.23 bits per heavy atom. The summed E-state index contributed by atoms with van der Waals surface area (Å²) < 4.78 is 0. The summed E-state index contributed by atoms with van der Waals surface area (Å²) in [5.41, 5.74) is 1.98. The minimum Gasteiger partial charge on any atom is -0.356 e. The van der Waals surface area contributed by atoms with Gasteiger partial charge in [-0.1, -0.05) is 13.8 Å². The highest BCUT2D eigenvalue weighted by Gasteiger charge is 2.23. The van der Waals surface area contributed by atoms with Crippen LogP contribution in [0.5, 0.6) is 0 Å². The van der Waals surface area contributed by atoms with Crippen LogP contribution in [0.3, 0.4) is 0 Å². The maximum atomic E-state index is 10.9. The van der Waals surface area contributed by atoms with Crippen LogP contribution in [0, 0.1) is 28.9 Å². The van der Waals surface area contributed by atoms with Crippen molar-refractivity contribution in [1.29, 1.82) is 0 Å². The zero-order chi connectivity index (χ0) is 15.9. The molecule has 5 heteroatoms. The maximum absolute atomic E-state index is 10.9. The standard InChI is InChI=1S/C17H21N3O2/c1-11-6-12(2)10-19(9-11)17-7-13(3)15-8-14(20(21)22)4-5-16(15)18-17/h4-5,7-8,11-12H,6,9-10H2,1-3H3. The van der Waals surface area contributed by atoms with Gasteiger partial charge in [0.05, 0.1) is 10.4 Å². The topological polar surface area (TPSA) is 59.3 Å². The second-order valence-corrected chi connectivity index (χ2v) is 6.61. The highest BCUT2D eigenvalue weighted by molar-refractivity contribution is 5.86. The molecule has 22 heavy (non-hydrogen) atoms. The number of rotatable bonds is 2. The average molecular weight is 299 g/mol. The second-order valence-electron chi connectivity index (χ2n) is 6.61. The molecule has 2 atom stereocenters. The summed E-state index contributed by atoms with van der Waals surface area (Å²) >= 11 is 0. The lowest BCUT2D eigenvalue weighted by atomic mass is 9.92. The fourth-order valence-corrected chi connectivity index (χ4v) is 3.49. The molecule has 1 aromatic heterocycles. The number of non-ortho nitro benzene ring substituents is 1. The lowest BCUT2D eigenvalue weighted by Crippen LogP contribution is -2.39. The predicted molar refractivity (Wildman–Crippen MR) is 88.3 cm³/mol. The minimum atomic E-state index is -0.360. The molecule has 1 aliphatic rings. The molecule has 2 heterocycles. The molecule has 0 N–H and O–H groups in total. The summed E-state index contributed by atoms with van der Waals surface area (Å²) in [6.45, 7) is 8.60. The first-order valence-corrected chi connectivity index (χ1v) is 7.75. The van der Waals surface area contributed by atoms with E-state index >= 15 is 0 Å². The van der Waals surface area contributed by atoms with Gasteiger partial charge in [0, 0.05) is 30.6 Å². The largest absolute Gasteiger partial charge is 0.356 e. The molecular weight excluding hydrogens is 278 g/mol. The Morgan fingerprint density at radius 3 is 2.55 bits per heavy atom. The van der Waals surface area contributed by atoms with E-state index in [0.717, 1.165) is 35.4 Å². The number of hydrogen-bond acceptors (Lipinski definition) is 4. The van der Waals surface area contributed by atoms with Gasteiger partial charge in [-0.2, -0.15) is 0 Å². The van der Waals surface area contributed by atoms with Crippen LogP contribution in [0.25, 0.3) is 10.9 Å². The molecule has 0 bridgehead atoms. The number of hydrogen-bond donors (Lipinski definition) is 0. The van der Waals surface area contributed by atoms with E-state index in [0.29, 0.717) is 11.8 Å². The molecule has 1 saturated heterocycles. The van der Waals surface area contributed by atoms with E-state index in [-0.39, 0.29) is 10.6 Å². The van der Waals surface area contributed by atoms with E-state index in [2.05, 4.69) is 24.8 Å². The molecule has 1 fully saturated rings. The van der Waals surface area contributed by atoms with Crippen LogP contribution < -0.4 is 4.90 Å². The molecule has 0 radical (unpaired) electrons. The van der Waals surface area contributed by atoms with Crippen molar-refractivity contribution in [2.75, 3.05) is 18.0 Å². The van der Waals surface area contributed by atoms with Gasteiger partial charge in [-0.3, -0.25) is 10.1 Å². The molecule has 2 unspecified atom stereocenters. The zero-order valence-electron chi connectivity index (χ0n) is 13.2. The van der Waals surface area contributed by atoms with Crippen molar-refractivity contribution < 1.29 is 4.92 Å². The summed E-state index contributed by atoms with van der Waals surface area (Å²) in [5, 5.41) is 11.8. The van der Waals surface area contributed by atoms with Crippen molar-refractivity contribution in [3.8, 4) is 0 Å². The molecule has 0 aliphatic carbocycles. The van der Waals surface area contributed by atoms with Crippen LogP contribution in [0.4, 0.5) is 11.5 Å². The van der Waals surface area contributed by atoms with Crippen LogP contribution in [0.15, 0.2) is 24.3 Å². The molecule has 5 nitrogen and oxygen atoms in total. The smallest absolute Gasteiger partial charge is 0.270 e. The van der Waals surface area contributed by atoms with E-state index in [9.17, 15) is 10.1 Å². The molecule has 1 aliphatic heterocycles. The third kappa shape index (κ3) is 2.75. The average Bonchev–Trinajstić information content (AvgIpc) is 2.45. The summed E-state index contributed by atoms with van der Waals surface area (Å²) in [6.07, 6.45) is 1.26.